The van der Waals surface area contributed by atoms with Crippen molar-refractivity contribution in [3.8, 4) is 0 Å². The molecule has 1 fully saturated rings. The maximum atomic E-state index is 6.26. The van der Waals surface area contributed by atoms with Crippen LogP contribution in [0.15, 0.2) is 12.3 Å². The van der Waals surface area contributed by atoms with Crippen LogP contribution in [0.5, 0.6) is 0 Å². The first-order valence-electron chi connectivity index (χ1n) is 5.52. The summed E-state index contributed by atoms with van der Waals surface area (Å²) in [5.41, 5.74) is 0.807. The van der Waals surface area contributed by atoms with E-state index in [1.54, 1.807) is 6.20 Å². The number of aromatic nitrogens is 3. The van der Waals surface area contributed by atoms with Gasteiger partial charge in [-0.05, 0) is 30.5 Å². The van der Waals surface area contributed by atoms with Gasteiger partial charge in [-0.1, -0.05) is 11.6 Å². The molecule has 90 valence electrons. The highest BCUT2D eigenvalue weighted by molar-refractivity contribution is 6.31. The molecule has 4 nitrogen and oxygen atoms in total. The van der Waals surface area contributed by atoms with Crippen molar-refractivity contribution < 1.29 is 4.74 Å². The Morgan fingerprint density at radius 1 is 1.29 bits per heavy atom. The van der Waals surface area contributed by atoms with Gasteiger partial charge in [0.2, 0.25) is 5.28 Å². The van der Waals surface area contributed by atoms with Gasteiger partial charge in [0.1, 0.15) is 10.8 Å². The topological polar surface area (TPSA) is 39.9 Å². The molecule has 0 spiro atoms. The highest BCUT2D eigenvalue weighted by Crippen LogP contribution is 2.31. The van der Waals surface area contributed by atoms with Gasteiger partial charge in [-0.2, -0.15) is 4.98 Å². The van der Waals surface area contributed by atoms with Crippen LogP contribution in [0, 0.1) is 0 Å². The van der Waals surface area contributed by atoms with Crippen LogP contribution in [0.3, 0.4) is 0 Å². The molecule has 3 heterocycles. The van der Waals surface area contributed by atoms with Gasteiger partial charge in [-0.25, -0.2) is 4.98 Å². The molecular weight excluding hydrogens is 261 g/mol. The van der Waals surface area contributed by atoms with E-state index in [-0.39, 0.29) is 5.28 Å². The molecule has 0 unspecified atom stereocenters. The number of hydrogen-bond donors (Lipinski definition) is 0. The lowest BCUT2D eigenvalue weighted by molar-refractivity contribution is 0.0706. The lowest BCUT2D eigenvalue weighted by atomic mass is 10.1. The Hall–Kier alpha value is -0.840. The Morgan fingerprint density at radius 3 is 2.82 bits per heavy atom. The summed E-state index contributed by atoms with van der Waals surface area (Å²) in [6.07, 6.45) is 3.60. The van der Waals surface area contributed by atoms with Gasteiger partial charge in [0, 0.05) is 30.8 Å². The number of ether oxygens (including phenoxy) is 1. The number of fused-ring (bicyclic) bond motifs is 1. The van der Waals surface area contributed by atoms with Crippen molar-refractivity contribution in [2.45, 2.75) is 18.9 Å². The number of nitrogens with zero attached hydrogens (tertiary/aromatic N) is 3. The van der Waals surface area contributed by atoms with Crippen LogP contribution < -0.4 is 0 Å². The highest BCUT2D eigenvalue weighted by atomic mass is 35.5. The summed E-state index contributed by atoms with van der Waals surface area (Å²) in [7, 11) is 0. The van der Waals surface area contributed by atoms with Crippen LogP contribution in [-0.2, 0) is 4.74 Å². The van der Waals surface area contributed by atoms with Gasteiger partial charge in [0.25, 0.3) is 0 Å². The van der Waals surface area contributed by atoms with Crippen molar-refractivity contribution in [2.75, 3.05) is 13.2 Å². The van der Waals surface area contributed by atoms with E-state index >= 15 is 0 Å². The fraction of sp³-hybridized carbons (Fsp3) is 0.455. The van der Waals surface area contributed by atoms with E-state index in [0.717, 1.165) is 37.1 Å². The first kappa shape index (κ1) is 11.3. The number of rotatable bonds is 1. The van der Waals surface area contributed by atoms with Crippen LogP contribution in [0.25, 0.3) is 11.0 Å². The predicted octanol–water partition coefficient (Wildman–Crippen LogP) is 3.09. The highest BCUT2D eigenvalue weighted by Gasteiger charge is 2.21. The molecule has 2 aromatic heterocycles. The fourth-order valence-electron chi connectivity index (χ4n) is 2.25. The molecule has 3 rings (SSSR count). The summed E-state index contributed by atoms with van der Waals surface area (Å²) in [5, 5.41) is 1.86. The molecule has 0 N–H and O–H groups in total. The molecule has 0 saturated carbocycles. The van der Waals surface area contributed by atoms with Crippen molar-refractivity contribution >= 4 is 34.2 Å². The van der Waals surface area contributed by atoms with E-state index in [1.807, 2.05) is 10.6 Å². The fourth-order valence-corrected chi connectivity index (χ4v) is 2.71. The Bertz CT molecular complexity index is 549. The van der Waals surface area contributed by atoms with Gasteiger partial charge in [-0.3, -0.25) is 0 Å². The summed E-state index contributed by atoms with van der Waals surface area (Å²) in [5.74, 6) is 0. The Morgan fingerprint density at radius 2 is 2.06 bits per heavy atom. The first-order valence-corrected chi connectivity index (χ1v) is 6.28. The minimum absolute atomic E-state index is 0.251. The molecule has 0 atom stereocenters. The Labute approximate surface area is 109 Å². The molecule has 1 aliphatic heterocycles. The van der Waals surface area contributed by atoms with E-state index < -0.39 is 0 Å². The average Bonchev–Trinajstić information content (AvgIpc) is 2.65. The molecule has 0 amide bonds. The number of hydrogen-bond acceptors (Lipinski definition) is 3. The molecule has 17 heavy (non-hydrogen) atoms. The largest absolute Gasteiger partial charge is 0.381 e. The van der Waals surface area contributed by atoms with Crippen molar-refractivity contribution in [3.05, 3.63) is 22.7 Å². The maximum Gasteiger partial charge on any atom is 0.224 e. The summed E-state index contributed by atoms with van der Waals surface area (Å²) in [6, 6.07) is 2.21. The van der Waals surface area contributed by atoms with Crippen LogP contribution >= 0.6 is 23.2 Å². The molecule has 0 radical (unpaired) electrons. The smallest absolute Gasteiger partial charge is 0.224 e. The Kier molecular flexibility index (Phi) is 2.94. The number of halogens is 2. The monoisotopic (exact) mass is 271 g/mol. The third-order valence-corrected chi connectivity index (χ3v) is 3.53. The Balaban J connectivity index is 2.13. The zero-order valence-corrected chi connectivity index (χ0v) is 10.6. The van der Waals surface area contributed by atoms with Gasteiger partial charge in [0.15, 0.2) is 0 Å². The normalized spacial score (nSPS) is 17.8. The second-order valence-electron chi connectivity index (χ2n) is 4.10. The lowest BCUT2D eigenvalue weighted by Crippen LogP contribution is -2.19. The van der Waals surface area contributed by atoms with Crippen molar-refractivity contribution in [1.82, 2.24) is 14.5 Å². The summed E-state index contributed by atoms with van der Waals surface area (Å²) < 4.78 is 7.39. The van der Waals surface area contributed by atoms with E-state index in [2.05, 4.69) is 9.97 Å². The summed E-state index contributed by atoms with van der Waals surface area (Å²) in [6.45, 7) is 1.53. The van der Waals surface area contributed by atoms with Crippen LogP contribution in [0.2, 0.25) is 10.4 Å². The SMILES string of the molecule is Clc1ncc2cc(Cl)n(C3CCOCC3)c2n1. The maximum absolute atomic E-state index is 6.26. The van der Waals surface area contributed by atoms with E-state index in [9.17, 15) is 0 Å². The zero-order chi connectivity index (χ0) is 11.8. The minimum Gasteiger partial charge on any atom is -0.381 e. The molecular formula is C11H11Cl2N3O. The third-order valence-electron chi connectivity index (χ3n) is 3.06. The predicted molar refractivity (Wildman–Crippen MR) is 66.6 cm³/mol. The average molecular weight is 272 g/mol. The van der Waals surface area contributed by atoms with E-state index in [1.165, 1.54) is 0 Å². The minimum atomic E-state index is 0.251. The molecule has 1 saturated heterocycles. The zero-order valence-electron chi connectivity index (χ0n) is 9.07. The van der Waals surface area contributed by atoms with Gasteiger partial charge in [0.05, 0.1) is 0 Å². The van der Waals surface area contributed by atoms with Crippen LogP contribution in [0.1, 0.15) is 18.9 Å². The van der Waals surface area contributed by atoms with Gasteiger partial charge in [-0.15, -0.1) is 0 Å². The molecule has 0 bridgehead atoms. The van der Waals surface area contributed by atoms with E-state index in [0.29, 0.717) is 11.2 Å². The molecule has 6 heteroatoms. The van der Waals surface area contributed by atoms with Crippen molar-refractivity contribution in [3.63, 3.8) is 0 Å². The first-order chi connectivity index (χ1) is 8.25. The molecule has 0 aliphatic carbocycles. The van der Waals surface area contributed by atoms with Gasteiger partial charge < -0.3 is 9.30 Å². The lowest BCUT2D eigenvalue weighted by Gasteiger charge is -2.24. The van der Waals surface area contributed by atoms with Crippen molar-refractivity contribution in [2.24, 2.45) is 0 Å². The molecule has 2 aromatic rings. The summed E-state index contributed by atoms with van der Waals surface area (Å²) >= 11 is 12.1. The van der Waals surface area contributed by atoms with E-state index in [4.69, 9.17) is 27.9 Å². The second-order valence-corrected chi connectivity index (χ2v) is 4.82. The third kappa shape index (κ3) is 2.01. The van der Waals surface area contributed by atoms with Crippen molar-refractivity contribution in [1.29, 1.82) is 0 Å². The van der Waals surface area contributed by atoms with Crippen LogP contribution in [-0.4, -0.2) is 27.7 Å². The standard InChI is InChI=1S/C11H11Cl2N3O/c12-9-5-7-6-14-11(13)15-10(7)16(9)8-1-3-17-4-2-8/h5-6,8H,1-4H2. The molecule has 1 aliphatic rings. The van der Waals surface area contributed by atoms with Crippen LogP contribution in [0.4, 0.5) is 0 Å². The summed E-state index contributed by atoms with van der Waals surface area (Å²) in [4.78, 5) is 8.23. The quantitative estimate of drug-likeness (QED) is 0.749. The second kappa shape index (κ2) is 4.44. The molecule has 0 aromatic carbocycles. The van der Waals surface area contributed by atoms with Gasteiger partial charge >= 0.3 is 0 Å².